The fourth-order valence-corrected chi connectivity index (χ4v) is 3.18. The molecule has 0 aliphatic heterocycles. The van der Waals surface area contributed by atoms with Crippen LogP contribution in [0.5, 0.6) is 0 Å². The number of hydrogen-bond acceptors (Lipinski definition) is 3. The summed E-state index contributed by atoms with van der Waals surface area (Å²) in [5, 5.41) is 3.14. The monoisotopic (exact) mass is 384 g/mol. The topological polar surface area (TPSA) is 81.1 Å². The zero-order valence-corrected chi connectivity index (χ0v) is 16.2. The molecule has 0 atom stereocenters. The second-order valence-electron chi connectivity index (χ2n) is 6.88. The molecule has 0 radical (unpaired) electrons. The summed E-state index contributed by atoms with van der Waals surface area (Å²) in [7, 11) is 0. The lowest BCUT2D eigenvalue weighted by Gasteiger charge is -2.07. The van der Waals surface area contributed by atoms with Crippen molar-refractivity contribution in [3.63, 3.8) is 0 Å². The third kappa shape index (κ3) is 4.99. The second kappa shape index (κ2) is 9.01. The van der Waals surface area contributed by atoms with Crippen LogP contribution in [-0.2, 0) is 19.5 Å². The Morgan fingerprint density at radius 1 is 0.931 bits per heavy atom. The number of para-hydroxylation sites is 2. The molecule has 0 aliphatic carbocycles. The van der Waals surface area contributed by atoms with Crippen LogP contribution in [0.1, 0.15) is 16.8 Å². The van der Waals surface area contributed by atoms with E-state index in [9.17, 15) is 0 Å². The van der Waals surface area contributed by atoms with Crippen molar-refractivity contribution in [3.05, 3.63) is 96.1 Å². The van der Waals surface area contributed by atoms with Gasteiger partial charge in [-0.15, -0.1) is 0 Å². The summed E-state index contributed by atoms with van der Waals surface area (Å²) in [6.45, 7) is 2.06. The van der Waals surface area contributed by atoms with Gasteiger partial charge in [0.25, 0.3) is 0 Å². The molecular weight excluding hydrogens is 360 g/mol. The standard InChI is InChI=1S/C23H24N6/c24-23(26-14-12-20-5-3-4-13-25-20)27-15-18-8-10-19(11-9-18)16-29-17-28-21-6-1-2-7-22(21)29/h1-11,13,17H,12,14-16H2,(H3,24,26,27). The summed E-state index contributed by atoms with van der Waals surface area (Å²) in [5.74, 6) is 0.454. The highest BCUT2D eigenvalue weighted by atomic mass is 15.1. The maximum atomic E-state index is 5.97. The molecule has 0 fully saturated rings. The Bertz CT molecular complexity index is 1080. The number of aliphatic imine (C=N–C) groups is 1. The fourth-order valence-electron chi connectivity index (χ4n) is 3.18. The largest absolute Gasteiger partial charge is 0.370 e. The molecule has 2 aromatic heterocycles. The van der Waals surface area contributed by atoms with E-state index >= 15 is 0 Å². The lowest BCUT2D eigenvalue weighted by Crippen LogP contribution is -2.33. The molecule has 4 aromatic rings. The number of nitrogens with zero attached hydrogens (tertiary/aromatic N) is 4. The molecular formula is C23H24N6. The van der Waals surface area contributed by atoms with E-state index in [-0.39, 0.29) is 0 Å². The van der Waals surface area contributed by atoms with Gasteiger partial charge in [-0.3, -0.25) is 4.98 Å². The number of pyridine rings is 1. The third-order valence-corrected chi connectivity index (χ3v) is 4.75. The highest BCUT2D eigenvalue weighted by Gasteiger charge is 2.03. The summed E-state index contributed by atoms with van der Waals surface area (Å²) < 4.78 is 2.16. The molecule has 0 amide bonds. The first-order chi connectivity index (χ1) is 14.3. The van der Waals surface area contributed by atoms with Gasteiger partial charge in [-0.1, -0.05) is 42.5 Å². The minimum atomic E-state index is 0.454. The molecule has 4 rings (SSSR count). The third-order valence-electron chi connectivity index (χ3n) is 4.75. The Labute approximate surface area is 170 Å². The van der Waals surface area contributed by atoms with Crippen molar-refractivity contribution in [2.75, 3.05) is 6.54 Å². The minimum Gasteiger partial charge on any atom is -0.370 e. The van der Waals surface area contributed by atoms with E-state index in [1.807, 2.05) is 42.7 Å². The van der Waals surface area contributed by atoms with Gasteiger partial charge in [-0.05, 0) is 35.4 Å². The fraction of sp³-hybridized carbons (Fsp3) is 0.174. The zero-order chi connectivity index (χ0) is 19.9. The number of imidazole rings is 1. The number of aromatic nitrogens is 3. The zero-order valence-electron chi connectivity index (χ0n) is 16.2. The summed E-state index contributed by atoms with van der Waals surface area (Å²) >= 11 is 0. The van der Waals surface area contributed by atoms with Gasteiger partial charge in [0.05, 0.1) is 23.9 Å². The van der Waals surface area contributed by atoms with Crippen LogP contribution in [0.3, 0.4) is 0 Å². The van der Waals surface area contributed by atoms with Crippen LogP contribution in [0.2, 0.25) is 0 Å². The maximum absolute atomic E-state index is 5.97. The molecule has 0 aliphatic rings. The van der Waals surface area contributed by atoms with Crippen LogP contribution in [0.4, 0.5) is 0 Å². The number of benzene rings is 2. The Hall–Kier alpha value is -3.67. The van der Waals surface area contributed by atoms with Crippen molar-refractivity contribution in [2.45, 2.75) is 19.5 Å². The van der Waals surface area contributed by atoms with Crippen molar-refractivity contribution in [2.24, 2.45) is 10.7 Å². The normalized spacial score (nSPS) is 11.7. The molecule has 2 heterocycles. The molecule has 6 heteroatoms. The molecule has 0 bridgehead atoms. The Morgan fingerprint density at radius 2 is 1.72 bits per heavy atom. The quantitative estimate of drug-likeness (QED) is 0.379. The minimum absolute atomic E-state index is 0.454. The Kier molecular flexibility index (Phi) is 5.81. The lowest BCUT2D eigenvalue weighted by atomic mass is 10.1. The average molecular weight is 384 g/mol. The predicted octanol–water partition coefficient (Wildman–Crippen LogP) is 3.13. The van der Waals surface area contributed by atoms with E-state index in [2.05, 4.69) is 55.2 Å². The molecule has 0 spiro atoms. The predicted molar refractivity (Wildman–Crippen MR) is 117 cm³/mol. The Balaban J connectivity index is 1.29. The smallest absolute Gasteiger partial charge is 0.188 e. The van der Waals surface area contributed by atoms with Crippen LogP contribution in [-0.4, -0.2) is 27.0 Å². The first-order valence-corrected chi connectivity index (χ1v) is 9.69. The van der Waals surface area contributed by atoms with Crippen molar-refractivity contribution < 1.29 is 0 Å². The number of rotatable bonds is 7. The van der Waals surface area contributed by atoms with Gasteiger partial charge >= 0.3 is 0 Å². The molecule has 0 saturated carbocycles. The van der Waals surface area contributed by atoms with Gasteiger partial charge in [-0.25, -0.2) is 9.98 Å². The van der Waals surface area contributed by atoms with Crippen LogP contribution in [0.15, 0.2) is 84.2 Å². The van der Waals surface area contributed by atoms with Crippen molar-refractivity contribution in [1.82, 2.24) is 19.9 Å². The lowest BCUT2D eigenvalue weighted by molar-refractivity contribution is 0.821. The van der Waals surface area contributed by atoms with Crippen molar-refractivity contribution in [3.8, 4) is 0 Å². The molecule has 0 saturated heterocycles. The van der Waals surface area contributed by atoms with Crippen molar-refractivity contribution >= 4 is 17.0 Å². The average Bonchev–Trinajstić information content (AvgIpc) is 3.17. The van der Waals surface area contributed by atoms with Gasteiger partial charge in [0.2, 0.25) is 0 Å². The van der Waals surface area contributed by atoms with Gasteiger partial charge in [0.15, 0.2) is 5.96 Å². The van der Waals surface area contributed by atoms with E-state index in [1.54, 1.807) is 6.20 Å². The van der Waals surface area contributed by atoms with Crippen LogP contribution < -0.4 is 11.1 Å². The van der Waals surface area contributed by atoms with Crippen LogP contribution in [0.25, 0.3) is 11.0 Å². The number of guanidine groups is 1. The molecule has 3 N–H and O–H groups in total. The van der Waals surface area contributed by atoms with Crippen LogP contribution in [0, 0.1) is 0 Å². The highest BCUT2D eigenvalue weighted by molar-refractivity contribution is 5.77. The maximum Gasteiger partial charge on any atom is 0.188 e. The van der Waals surface area contributed by atoms with E-state index in [1.165, 1.54) is 5.56 Å². The second-order valence-corrected chi connectivity index (χ2v) is 6.88. The SMILES string of the molecule is NC(=NCc1ccc(Cn2cnc3ccccc32)cc1)NCCc1ccccn1. The number of nitrogens with two attached hydrogens (primary N) is 1. The first-order valence-electron chi connectivity index (χ1n) is 9.69. The molecule has 29 heavy (non-hydrogen) atoms. The first kappa shape index (κ1) is 18.7. The number of nitrogens with one attached hydrogen (secondary N) is 1. The summed E-state index contributed by atoms with van der Waals surface area (Å²) in [6.07, 6.45) is 4.50. The van der Waals surface area contributed by atoms with Crippen LogP contribution >= 0.6 is 0 Å². The molecule has 2 aromatic carbocycles. The highest BCUT2D eigenvalue weighted by Crippen LogP contribution is 2.14. The van der Waals surface area contributed by atoms with Gasteiger partial charge in [0, 0.05) is 31.4 Å². The van der Waals surface area contributed by atoms with Gasteiger partial charge in [0.1, 0.15) is 0 Å². The molecule has 146 valence electrons. The molecule has 0 unspecified atom stereocenters. The molecule has 6 nitrogen and oxygen atoms in total. The summed E-state index contributed by atoms with van der Waals surface area (Å²) in [6, 6.07) is 22.5. The van der Waals surface area contributed by atoms with Crippen molar-refractivity contribution in [1.29, 1.82) is 0 Å². The number of hydrogen-bond donors (Lipinski definition) is 2. The Morgan fingerprint density at radius 3 is 2.55 bits per heavy atom. The van der Waals surface area contributed by atoms with E-state index in [4.69, 9.17) is 5.73 Å². The van der Waals surface area contributed by atoms with Gasteiger partial charge in [-0.2, -0.15) is 0 Å². The van der Waals surface area contributed by atoms with Gasteiger partial charge < -0.3 is 15.6 Å². The summed E-state index contributed by atoms with van der Waals surface area (Å²) in [5.41, 5.74) is 11.5. The van der Waals surface area contributed by atoms with E-state index in [0.29, 0.717) is 19.0 Å². The summed E-state index contributed by atoms with van der Waals surface area (Å²) in [4.78, 5) is 13.2. The van der Waals surface area contributed by atoms with E-state index in [0.717, 1.165) is 35.3 Å². The van der Waals surface area contributed by atoms with E-state index < -0.39 is 0 Å². The number of fused-ring (bicyclic) bond motifs is 1.